The summed E-state index contributed by atoms with van der Waals surface area (Å²) in [5.41, 5.74) is 1.05. The van der Waals surface area contributed by atoms with Crippen molar-refractivity contribution >= 4 is 17.7 Å². The van der Waals surface area contributed by atoms with E-state index in [1.54, 1.807) is 29.2 Å². The molecule has 0 aliphatic heterocycles. The highest BCUT2D eigenvalue weighted by Crippen LogP contribution is 2.13. The van der Waals surface area contributed by atoms with Gasteiger partial charge in [-0.15, -0.1) is 0 Å². The maximum atomic E-state index is 12.7. The number of aromatic nitrogens is 1. The minimum absolute atomic E-state index is 0.0585. The highest BCUT2D eigenvalue weighted by molar-refractivity contribution is 5.89. The topological polar surface area (TPSA) is 108 Å². The molecule has 0 spiro atoms. The minimum Gasteiger partial charge on any atom is -0.464 e. The summed E-state index contributed by atoms with van der Waals surface area (Å²) in [6.45, 7) is 2.70. The molecule has 27 heavy (non-hydrogen) atoms. The van der Waals surface area contributed by atoms with Gasteiger partial charge >= 0.3 is 12.0 Å². The Hall–Kier alpha value is -3.34. The van der Waals surface area contributed by atoms with Gasteiger partial charge in [-0.2, -0.15) is 5.26 Å². The number of hydrogen-bond donors (Lipinski definition) is 1. The third-order valence-electron chi connectivity index (χ3n) is 3.83. The number of esters is 1. The number of nitrogens with zero attached hydrogens (tertiary/aromatic N) is 3. The first-order chi connectivity index (χ1) is 13.1. The van der Waals surface area contributed by atoms with Gasteiger partial charge < -0.3 is 19.4 Å². The lowest BCUT2D eigenvalue weighted by molar-refractivity contribution is 0.0594. The van der Waals surface area contributed by atoms with Crippen LogP contribution in [0.4, 0.5) is 10.5 Å². The Labute approximate surface area is 157 Å². The summed E-state index contributed by atoms with van der Waals surface area (Å²) in [7, 11) is 1.26. The lowest BCUT2D eigenvalue weighted by Gasteiger charge is -2.21. The fraction of sp³-hybridized carbons (Fsp3) is 0.368. The maximum Gasteiger partial charge on any atom is 0.360 e. The molecule has 2 amide bonds. The zero-order chi connectivity index (χ0) is 19.6. The molecule has 8 heteroatoms. The molecule has 8 nitrogen and oxygen atoms in total. The molecule has 1 heterocycles. The van der Waals surface area contributed by atoms with Gasteiger partial charge in [0.25, 0.3) is 0 Å². The van der Waals surface area contributed by atoms with Crippen molar-refractivity contribution in [2.45, 2.75) is 32.7 Å². The quantitative estimate of drug-likeness (QED) is 0.562. The van der Waals surface area contributed by atoms with Gasteiger partial charge in [-0.25, -0.2) is 14.6 Å². The fourth-order valence-corrected chi connectivity index (χ4v) is 2.42. The van der Waals surface area contributed by atoms with Crippen LogP contribution in [0, 0.1) is 11.3 Å². The van der Waals surface area contributed by atoms with Crippen molar-refractivity contribution in [1.29, 1.82) is 5.26 Å². The normalized spacial score (nSPS) is 10.1. The number of carbonyl (C=O) groups excluding carboxylic acids is 2. The molecule has 1 aromatic carbocycles. The van der Waals surface area contributed by atoms with Crippen LogP contribution in [0.25, 0.3) is 0 Å². The number of anilines is 1. The van der Waals surface area contributed by atoms with Gasteiger partial charge in [-0.3, -0.25) is 0 Å². The number of nitriles is 1. The highest BCUT2D eigenvalue weighted by Gasteiger charge is 2.19. The third kappa shape index (κ3) is 5.85. The Morgan fingerprint density at radius 3 is 2.89 bits per heavy atom. The Morgan fingerprint density at radius 2 is 2.19 bits per heavy atom. The molecule has 1 N–H and O–H groups in total. The van der Waals surface area contributed by atoms with Crippen LogP contribution in [-0.4, -0.2) is 35.5 Å². The summed E-state index contributed by atoms with van der Waals surface area (Å²) < 4.78 is 9.89. The lowest BCUT2D eigenvalue weighted by Crippen LogP contribution is -2.35. The van der Waals surface area contributed by atoms with E-state index in [0.29, 0.717) is 17.8 Å². The van der Waals surface area contributed by atoms with Crippen LogP contribution in [0.15, 0.2) is 34.9 Å². The molecular formula is C19H22N4O4. The van der Waals surface area contributed by atoms with Crippen LogP contribution in [0.1, 0.15) is 48.1 Å². The molecule has 2 aromatic rings. The van der Waals surface area contributed by atoms with Gasteiger partial charge in [0.15, 0.2) is 5.69 Å². The second kappa shape index (κ2) is 9.97. The van der Waals surface area contributed by atoms with E-state index in [-0.39, 0.29) is 24.2 Å². The highest BCUT2D eigenvalue weighted by atomic mass is 16.5. The van der Waals surface area contributed by atoms with Crippen LogP contribution >= 0.6 is 0 Å². The number of benzene rings is 1. The minimum atomic E-state index is -0.597. The summed E-state index contributed by atoms with van der Waals surface area (Å²) in [5.74, 6) is -0.354. The van der Waals surface area contributed by atoms with Crippen LogP contribution in [-0.2, 0) is 11.3 Å². The van der Waals surface area contributed by atoms with Crippen molar-refractivity contribution in [2.24, 2.45) is 0 Å². The second-order valence-electron chi connectivity index (χ2n) is 5.87. The molecule has 0 aliphatic rings. The number of nitrogens with one attached hydrogen (secondary N) is 1. The van der Waals surface area contributed by atoms with Crippen molar-refractivity contribution in [3.05, 3.63) is 47.7 Å². The second-order valence-corrected chi connectivity index (χ2v) is 5.87. The average Bonchev–Trinajstić information content (AvgIpc) is 3.15. The molecule has 0 aliphatic carbocycles. The van der Waals surface area contributed by atoms with Crippen LogP contribution in [0.2, 0.25) is 0 Å². The Balaban J connectivity index is 2.10. The lowest BCUT2D eigenvalue weighted by atomic mass is 10.2. The van der Waals surface area contributed by atoms with Crippen molar-refractivity contribution in [1.82, 2.24) is 9.88 Å². The number of ether oxygens (including phenoxy) is 1. The van der Waals surface area contributed by atoms with E-state index in [0.717, 1.165) is 19.3 Å². The van der Waals surface area contributed by atoms with Gasteiger partial charge in [0, 0.05) is 12.2 Å². The largest absolute Gasteiger partial charge is 0.464 e. The number of hydrogen-bond acceptors (Lipinski definition) is 6. The van der Waals surface area contributed by atoms with Crippen molar-refractivity contribution in [3.8, 4) is 6.07 Å². The van der Waals surface area contributed by atoms with Gasteiger partial charge in [-0.1, -0.05) is 25.8 Å². The Morgan fingerprint density at radius 1 is 1.37 bits per heavy atom. The van der Waals surface area contributed by atoms with E-state index in [9.17, 15) is 9.59 Å². The van der Waals surface area contributed by atoms with Gasteiger partial charge in [0.05, 0.1) is 25.3 Å². The fourth-order valence-electron chi connectivity index (χ4n) is 2.42. The van der Waals surface area contributed by atoms with Gasteiger partial charge in [-0.05, 0) is 24.6 Å². The SMILES string of the molecule is CCCCCN(Cc1nc(C(=O)OC)co1)C(=O)Nc1cccc(C#N)c1. The van der Waals surface area contributed by atoms with E-state index in [2.05, 4.69) is 22.0 Å². The zero-order valence-electron chi connectivity index (χ0n) is 15.4. The predicted octanol–water partition coefficient (Wildman–Crippen LogP) is 3.56. The smallest absolute Gasteiger partial charge is 0.360 e. The first-order valence-corrected chi connectivity index (χ1v) is 8.66. The molecule has 0 saturated carbocycles. The molecule has 142 valence electrons. The van der Waals surface area contributed by atoms with E-state index in [1.807, 2.05) is 6.07 Å². The van der Waals surface area contributed by atoms with E-state index in [4.69, 9.17) is 9.68 Å². The van der Waals surface area contributed by atoms with Crippen LogP contribution in [0.3, 0.4) is 0 Å². The average molecular weight is 370 g/mol. The van der Waals surface area contributed by atoms with Crippen LogP contribution < -0.4 is 5.32 Å². The standard InChI is InChI=1S/C19H22N4O4/c1-3-4-5-9-23(12-17-22-16(13-27-17)18(24)26-2)19(25)21-15-8-6-7-14(10-15)11-20/h6-8,10,13H,3-5,9,12H2,1-2H3,(H,21,25). The number of oxazole rings is 1. The molecule has 0 radical (unpaired) electrons. The van der Waals surface area contributed by atoms with Crippen molar-refractivity contribution in [2.75, 3.05) is 19.0 Å². The number of unbranched alkanes of at least 4 members (excludes halogenated alkanes) is 2. The molecule has 0 unspecified atom stereocenters. The number of carbonyl (C=O) groups is 2. The van der Waals surface area contributed by atoms with Crippen LogP contribution in [0.5, 0.6) is 0 Å². The number of rotatable bonds is 8. The van der Waals surface area contributed by atoms with E-state index < -0.39 is 5.97 Å². The van der Waals surface area contributed by atoms with E-state index in [1.165, 1.54) is 13.4 Å². The van der Waals surface area contributed by atoms with Gasteiger partial charge in [0.2, 0.25) is 5.89 Å². The van der Waals surface area contributed by atoms with Gasteiger partial charge in [0.1, 0.15) is 6.26 Å². The molecule has 0 bridgehead atoms. The van der Waals surface area contributed by atoms with Crippen molar-refractivity contribution < 1.29 is 18.7 Å². The summed E-state index contributed by atoms with van der Waals surface area (Å²) >= 11 is 0. The third-order valence-corrected chi connectivity index (χ3v) is 3.83. The number of methoxy groups -OCH3 is 1. The summed E-state index contributed by atoms with van der Waals surface area (Å²) in [6.07, 6.45) is 4.03. The monoisotopic (exact) mass is 370 g/mol. The summed E-state index contributed by atoms with van der Waals surface area (Å²) in [6, 6.07) is 8.38. The maximum absolute atomic E-state index is 12.7. The Kier molecular flexibility index (Phi) is 7.37. The molecular weight excluding hydrogens is 348 g/mol. The zero-order valence-corrected chi connectivity index (χ0v) is 15.4. The first-order valence-electron chi connectivity index (χ1n) is 8.66. The molecule has 0 atom stereocenters. The number of amides is 2. The molecule has 0 saturated heterocycles. The molecule has 1 aromatic heterocycles. The summed E-state index contributed by atoms with van der Waals surface area (Å²) in [4.78, 5) is 29.8. The molecule has 2 rings (SSSR count). The Bertz CT molecular complexity index is 825. The van der Waals surface area contributed by atoms with Crippen molar-refractivity contribution in [3.63, 3.8) is 0 Å². The number of urea groups is 1. The predicted molar refractivity (Wildman–Crippen MR) is 98.0 cm³/mol. The first kappa shape index (κ1) is 20.0. The summed E-state index contributed by atoms with van der Waals surface area (Å²) in [5, 5.41) is 11.8. The van der Waals surface area contributed by atoms with E-state index >= 15 is 0 Å². The molecule has 0 fully saturated rings.